The summed E-state index contributed by atoms with van der Waals surface area (Å²) in [4.78, 5) is 22.8. The van der Waals surface area contributed by atoms with E-state index in [0.717, 1.165) is 0 Å². The third-order valence-corrected chi connectivity index (χ3v) is 2.78. The third-order valence-electron chi connectivity index (χ3n) is 2.78. The maximum atomic E-state index is 11.9. The average Bonchev–Trinajstić information content (AvgIpc) is 2.98. The van der Waals surface area contributed by atoms with Gasteiger partial charge in [0.05, 0.1) is 11.8 Å². The van der Waals surface area contributed by atoms with Gasteiger partial charge in [-0.2, -0.15) is 0 Å². The van der Waals surface area contributed by atoms with Crippen molar-refractivity contribution in [1.29, 1.82) is 0 Å². The highest BCUT2D eigenvalue weighted by atomic mass is 16.4. The minimum Gasteiger partial charge on any atom is -0.480 e. The fraction of sp³-hybridized carbons (Fsp3) is 0.250. The van der Waals surface area contributed by atoms with Gasteiger partial charge in [0, 0.05) is 5.56 Å². The van der Waals surface area contributed by atoms with Crippen LogP contribution in [0, 0.1) is 0 Å². The molecule has 0 radical (unpaired) electrons. The SMILES string of the molecule is CC(O)C(NC(=O)c1ccc(-n2cnnn2)cc1)C(=O)O. The van der Waals surface area contributed by atoms with E-state index in [4.69, 9.17) is 5.11 Å². The molecule has 0 fully saturated rings. The molecule has 2 unspecified atom stereocenters. The first-order valence-corrected chi connectivity index (χ1v) is 6.04. The van der Waals surface area contributed by atoms with Gasteiger partial charge in [-0.25, -0.2) is 9.48 Å². The zero-order chi connectivity index (χ0) is 15.4. The normalized spacial score (nSPS) is 13.4. The standard InChI is InChI=1S/C12H13N5O4/c1-7(18)10(12(20)21)14-11(19)8-2-4-9(5-3-8)17-6-13-15-16-17/h2-7,10,18H,1H3,(H,14,19)(H,20,21). The highest BCUT2D eigenvalue weighted by Crippen LogP contribution is 2.08. The van der Waals surface area contributed by atoms with Crippen molar-refractivity contribution in [2.45, 2.75) is 19.1 Å². The number of hydrogen-bond acceptors (Lipinski definition) is 6. The molecule has 1 aromatic carbocycles. The Morgan fingerprint density at radius 1 is 1.29 bits per heavy atom. The van der Waals surface area contributed by atoms with E-state index in [9.17, 15) is 14.7 Å². The maximum absolute atomic E-state index is 11.9. The Morgan fingerprint density at radius 2 is 1.95 bits per heavy atom. The summed E-state index contributed by atoms with van der Waals surface area (Å²) in [6.07, 6.45) is 0.204. The Kier molecular flexibility index (Phi) is 4.24. The van der Waals surface area contributed by atoms with Crippen LogP contribution in [0.1, 0.15) is 17.3 Å². The molecule has 0 aliphatic carbocycles. The van der Waals surface area contributed by atoms with Crippen LogP contribution >= 0.6 is 0 Å². The minimum absolute atomic E-state index is 0.263. The van der Waals surface area contributed by atoms with E-state index in [1.807, 2.05) is 0 Å². The number of carboxylic acids is 1. The minimum atomic E-state index is -1.36. The van der Waals surface area contributed by atoms with E-state index in [1.165, 1.54) is 30.1 Å². The van der Waals surface area contributed by atoms with Crippen LogP contribution in [-0.2, 0) is 4.79 Å². The number of hydrogen-bond donors (Lipinski definition) is 3. The monoisotopic (exact) mass is 291 g/mol. The second kappa shape index (κ2) is 6.09. The van der Waals surface area contributed by atoms with Gasteiger partial charge >= 0.3 is 5.97 Å². The fourth-order valence-corrected chi connectivity index (χ4v) is 1.66. The maximum Gasteiger partial charge on any atom is 0.328 e. The van der Waals surface area contributed by atoms with Gasteiger partial charge in [-0.05, 0) is 41.6 Å². The quantitative estimate of drug-likeness (QED) is 0.659. The molecule has 2 aromatic rings. The summed E-state index contributed by atoms with van der Waals surface area (Å²) in [5.41, 5.74) is 0.917. The Balaban J connectivity index is 2.11. The number of carboxylic acid groups (broad SMARTS) is 1. The lowest BCUT2D eigenvalue weighted by atomic mass is 10.1. The number of aromatic nitrogens is 4. The van der Waals surface area contributed by atoms with Gasteiger partial charge < -0.3 is 15.5 Å². The Morgan fingerprint density at radius 3 is 2.43 bits per heavy atom. The topological polar surface area (TPSA) is 130 Å². The van der Waals surface area contributed by atoms with Gasteiger partial charge in [-0.15, -0.1) is 5.10 Å². The van der Waals surface area contributed by atoms with Crippen LogP contribution in [0.2, 0.25) is 0 Å². The molecule has 1 heterocycles. The number of nitrogens with one attached hydrogen (secondary N) is 1. The van der Waals surface area contributed by atoms with Gasteiger partial charge in [0.2, 0.25) is 0 Å². The van der Waals surface area contributed by atoms with Gasteiger partial charge in [0.15, 0.2) is 6.04 Å². The lowest BCUT2D eigenvalue weighted by molar-refractivity contribution is -0.141. The van der Waals surface area contributed by atoms with Crippen LogP contribution in [0.5, 0.6) is 0 Å². The second-order valence-electron chi connectivity index (χ2n) is 4.33. The number of rotatable bonds is 5. The zero-order valence-corrected chi connectivity index (χ0v) is 11.0. The van der Waals surface area contributed by atoms with Crippen LogP contribution in [0.3, 0.4) is 0 Å². The number of aliphatic hydroxyl groups is 1. The summed E-state index contributed by atoms with van der Waals surface area (Å²) in [5, 5.41) is 31.2. The molecule has 0 aliphatic rings. The van der Waals surface area contributed by atoms with Crippen LogP contribution in [0.4, 0.5) is 0 Å². The summed E-state index contributed by atoms with van der Waals surface area (Å²) in [7, 11) is 0. The predicted octanol–water partition coefficient (Wildman–Crippen LogP) is -0.774. The number of carbonyl (C=O) groups excluding carboxylic acids is 1. The lowest BCUT2D eigenvalue weighted by Crippen LogP contribution is -2.47. The first-order chi connectivity index (χ1) is 9.99. The molecule has 0 aliphatic heterocycles. The molecule has 0 spiro atoms. The van der Waals surface area contributed by atoms with E-state index in [0.29, 0.717) is 5.69 Å². The number of carbonyl (C=O) groups is 2. The van der Waals surface area contributed by atoms with E-state index in [-0.39, 0.29) is 5.56 Å². The van der Waals surface area contributed by atoms with Crippen LogP contribution < -0.4 is 5.32 Å². The first-order valence-electron chi connectivity index (χ1n) is 6.04. The summed E-state index contributed by atoms with van der Waals surface area (Å²) >= 11 is 0. The van der Waals surface area contributed by atoms with Gasteiger partial charge in [0.1, 0.15) is 6.33 Å². The number of aliphatic hydroxyl groups excluding tert-OH is 1. The Hall–Kier alpha value is -2.81. The summed E-state index contributed by atoms with van der Waals surface area (Å²) in [5.74, 6) is -1.89. The van der Waals surface area contributed by atoms with E-state index < -0.39 is 24.0 Å². The molecule has 0 saturated heterocycles. The Labute approximate surface area is 119 Å². The van der Waals surface area contributed by atoms with Crippen molar-refractivity contribution in [2.24, 2.45) is 0 Å². The number of benzene rings is 1. The van der Waals surface area contributed by atoms with Crippen molar-refractivity contribution < 1.29 is 19.8 Å². The third kappa shape index (κ3) is 3.39. The predicted molar refractivity (Wildman–Crippen MR) is 69.7 cm³/mol. The van der Waals surface area contributed by atoms with Crippen molar-refractivity contribution in [3.8, 4) is 5.69 Å². The molecule has 9 nitrogen and oxygen atoms in total. The molecular formula is C12H13N5O4. The van der Waals surface area contributed by atoms with Crippen LogP contribution in [0.25, 0.3) is 5.69 Å². The number of nitrogens with zero attached hydrogens (tertiary/aromatic N) is 4. The zero-order valence-electron chi connectivity index (χ0n) is 11.0. The molecule has 2 rings (SSSR count). The Bertz CT molecular complexity index is 624. The smallest absolute Gasteiger partial charge is 0.328 e. The summed E-state index contributed by atoms with van der Waals surface area (Å²) < 4.78 is 1.41. The molecule has 21 heavy (non-hydrogen) atoms. The molecule has 1 aromatic heterocycles. The van der Waals surface area contributed by atoms with Crippen LogP contribution in [0.15, 0.2) is 30.6 Å². The van der Waals surface area contributed by atoms with Crippen LogP contribution in [-0.4, -0.2) is 54.4 Å². The molecule has 0 saturated carbocycles. The van der Waals surface area contributed by atoms with E-state index in [1.54, 1.807) is 12.1 Å². The average molecular weight is 291 g/mol. The van der Waals surface area contributed by atoms with Crippen molar-refractivity contribution >= 4 is 11.9 Å². The molecule has 2 atom stereocenters. The highest BCUT2D eigenvalue weighted by molar-refractivity contribution is 5.96. The molecule has 9 heteroatoms. The van der Waals surface area contributed by atoms with E-state index in [2.05, 4.69) is 20.8 Å². The molecular weight excluding hydrogens is 278 g/mol. The van der Waals surface area contributed by atoms with Gasteiger partial charge in [0.25, 0.3) is 5.91 Å². The lowest BCUT2D eigenvalue weighted by Gasteiger charge is -2.17. The second-order valence-corrected chi connectivity index (χ2v) is 4.33. The molecule has 0 bridgehead atoms. The number of amides is 1. The van der Waals surface area contributed by atoms with Gasteiger partial charge in [-0.1, -0.05) is 0 Å². The summed E-state index contributed by atoms with van der Waals surface area (Å²) in [6, 6.07) is 4.88. The van der Waals surface area contributed by atoms with Crippen molar-refractivity contribution in [2.75, 3.05) is 0 Å². The van der Waals surface area contributed by atoms with Crippen molar-refractivity contribution in [1.82, 2.24) is 25.5 Å². The molecule has 110 valence electrons. The largest absolute Gasteiger partial charge is 0.480 e. The van der Waals surface area contributed by atoms with E-state index >= 15 is 0 Å². The number of tetrazole rings is 1. The fourth-order valence-electron chi connectivity index (χ4n) is 1.66. The van der Waals surface area contributed by atoms with Gasteiger partial charge in [-0.3, -0.25) is 4.79 Å². The van der Waals surface area contributed by atoms with Crippen molar-refractivity contribution in [3.05, 3.63) is 36.2 Å². The summed E-state index contributed by atoms with van der Waals surface area (Å²) in [6.45, 7) is 1.29. The first kappa shape index (κ1) is 14.6. The highest BCUT2D eigenvalue weighted by Gasteiger charge is 2.25. The molecule has 1 amide bonds. The van der Waals surface area contributed by atoms with Crippen molar-refractivity contribution in [3.63, 3.8) is 0 Å². The molecule has 3 N–H and O–H groups in total. The number of aliphatic carboxylic acids is 1.